The first-order valence-corrected chi connectivity index (χ1v) is 4.70. The van der Waals surface area contributed by atoms with Crippen molar-refractivity contribution in [1.29, 1.82) is 0 Å². The third kappa shape index (κ3) is 1.76. The van der Waals surface area contributed by atoms with E-state index in [1.807, 2.05) is 12.1 Å². The van der Waals surface area contributed by atoms with Crippen LogP contribution in [-0.2, 0) is 12.8 Å². The number of benzene rings is 1. The summed E-state index contributed by atoms with van der Waals surface area (Å²) in [4.78, 5) is 0. The molecule has 68 valence electrons. The predicted octanol–water partition coefficient (Wildman–Crippen LogP) is 1.02. The molecule has 0 heterocycles. The van der Waals surface area contributed by atoms with Crippen LogP contribution >= 0.6 is 0 Å². The molecule has 2 N–H and O–H groups in total. The fraction of sp³-hybridized carbons (Fsp3) is 0.400. The third-order valence-corrected chi connectivity index (χ3v) is 2.81. The fourth-order valence-electron chi connectivity index (χ4n) is 1.98. The van der Waals surface area contributed by atoms with Crippen molar-refractivity contribution in [1.82, 2.24) is 0 Å². The van der Waals surface area contributed by atoms with Crippen molar-refractivity contribution >= 4 is 7.12 Å². The van der Waals surface area contributed by atoms with Gasteiger partial charge in [-0.05, 0) is 36.2 Å². The van der Waals surface area contributed by atoms with Gasteiger partial charge < -0.3 is 10.0 Å². The van der Waals surface area contributed by atoms with E-state index >= 15 is 0 Å². The molecule has 1 aromatic carbocycles. The second-order valence-corrected chi connectivity index (χ2v) is 3.69. The number of rotatable bonds is 1. The van der Waals surface area contributed by atoms with E-state index in [0.29, 0.717) is 0 Å². The molecule has 0 radical (unpaired) electrons. The summed E-state index contributed by atoms with van der Waals surface area (Å²) in [6.45, 7) is 0. The van der Waals surface area contributed by atoms with E-state index in [2.05, 4.69) is 12.1 Å². The van der Waals surface area contributed by atoms with Gasteiger partial charge in [0.1, 0.15) is 0 Å². The molecule has 13 heavy (non-hydrogen) atoms. The molecule has 2 nitrogen and oxygen atoms in total. The molecule has 1 aromatic rings. The molecule has 2 rings (SSSR count). The Bertz CT molecular complexity index is 299. The first-order chi connectivity index (χ1) is 6.27. The Kier molecular flexibility index (Phi) is 2.38. The Hall–Kier alpha value is -0.795. The SMILES string of the molecule is OB(O)[C@H]1CCc2ccccc2C1. The van der Waals surface area contributed by atoms with Gasteiger partial charge in [-0.3, -0.25) is 0 Å². The van der Waals surface area contributed by atoms with Gasteiger partial charge in [0.2, 0.25) is 0 Å². The molecular formula is C10H13BO2. The highest BCUT2D eigenvalue weighted by molar-refractivity contribution is 6.43. The van der Waals surface area contributed by atoms with Crippen LogP contribution in [0.2, 0.25) is 5.82 Å². The monoisotopic (exact) mass is 176 g/mol. The molecule has 0 saturated carbocycles. The third-order valence-electron chi connectivity index (χ3n) is 2.81. The maximum Gasteiger partial charge on any atom is 0.455 e. The predicted molar refractivity (Wildman–Crippen MR) is 52.4 cm³/mol. The van der Waals surface area contributed by atoms with Crippen molar-refractivity contribution < 1.29 is 10.0 Å². The second kappa shape index (κ2) is 3.52. The van der Waals surface area contributed by atoms with E-state index in [1.165, 1.54) is 11.1 Å². The van der Waals surface area contributed by atoms with Crippen molar-refractivity contribution in [3.05, 3.63) is 35.4 Å². The molecule has 0 spiro atoms. The summed E-state index contributed by atoms with van der Waals surface area (Å²) in [5.41, 5.74) is 2.63. The molecule has 0 saturated heterocycles. The quantitative estimate of drug-likeness (QED) is 0.627. The highest BCUT2D eigenvalue weighted by atomic mass is 16.4. The minimum atomic E-state index is -1.16. The van der Waals surface area contributed by atoms with E-state index < -0.39 is 7.12 Å². The molecule has 0 aliphatic heterocycles. The van der Waals surface area contributed by atoms with Gasteiger partial charge in [0.25, 0.3) is 0 Å². The van der Waals surface area contributed by atoms with Crippen molar-refractivity contribution in [2.24, 2.45) is 0 Å². The van der Waals surface area contributed by atoms with Crippen LogP contribution in [0.15, 0.2) is 24.3 Å². The summed E-state index contributed by atoms with van der Waals surface area (Å²) in [7, 11) is -1.16. The lowest BCUT2D eigenvalue weighted by Crippen LogP contribution is -2.25. The molecule has 0 unspecified atom stereocenters. The van der Waals surface area contributed by atoms with Crippen molar-refractivity contribution in [2.75, 3.05) is 0 Å². The van der Waals surface area contributed by atoms with Crippen molar-refractivity contribution in [2.45, 2.75) is 25.1 Å². The molecule has 1 atom stereocenters. The van der Waals surface area contributed by atoms with Crippen LogP contribution in [0.3, 0.4) is 0 Å². The Morgan fingerprint density at radius 1 is 1.15 bits per heavy atom. The number of aryl methyl sites for hydroxylation is 1. The Morgan fingerprint density at radius 3 is 2.54 bits per heavy atom. The van der Waals surface area contributed by atoms with Crippen LogP contribution in [0.4, 0.5) is 0 Å². The van der Waals surface area contributed by atoms with Gasteiger partial charge in [0.15, 0.2) is 0 Å². The van der Waals surface area contributed by atoms with Crippen molar-refractivity contribution in [3.8, 4) is 0 Å². The summed E-state index contributed by atoms with van der Waals surface area (Å²) in [5, 5.41) is 18.1. The fourth-order valence-corrected chi connectivity index (χ4v) is 1.98. The topological polar surface area (TPSA) is 40.5 Å². The van der Waals surface area contributed by atoms with E-state index in [1.54, 1.807) is 0 Å². The Balaban J connectivity index is 2.20. The molecule has 1 aliphatic carbocycles. The largest absolute Gasteiger partial charge is 0.455 e. The molecule has 0 bridgehead atoms. The first-order valence-electron chi connectivity index (χ1n) is 4.70. The number of hydrogen-bond acceptors (Lipinski definition) is 2. The van der Waals surface area contributed by atoms with Gasteiger partial charge >= 0.3 is 7.12 Å². The van der Waals surface area contributed by atoms with Crippen LogP contribution in [-0.4, -0.2) is 17.2 Å². The highest BCUT2D eigenvalue weighted by Gasteiger charge is 2.27. The van der Waals surface area contributed by atoms with E-state index in [9.17, 15) is 0 Å². The van der Waals surface area contributed by atoms with Crippen LogP contribution in [0.5, 0.6) is 0 Å². The molecule has 0 fully saturated rings. The van der Waals surface area contributed by atoms with E-state index in [0.717, 1.165) is 19.3 Å². The molecular weight excluding hydrogens is 163 g/mol. The van der Waals surface area contributed by atoms with Gasteiger partial charge in [-0.15, -0.1) is 0 Å². The minimum absolute atomic E-state index is 0.0231. The lowest BCUT2D eigenvalue weighted by atomic mass is 9.64. The van der Waals surface area contributed by atoms with Gasteiger partial charge in [-0.2, -0.15) is 0 Å². The normalized spacial score (nSPS) is 20.9. The summed E-state index contributed by atoms with van der Waals surface area (Å²) >= 11 is 0. The Morgan fingerprint density at radius 2 is 1.85 bits per heavy atom. The number of hydrogen-bond donors (Lipinski definition) is 2. The number of fused-ring (bicyclic) bond motifs is 1. The Labute approximate surface area is 78.4 Å². The maximum atomic E-state index is 9.06. The van der Waals surface area contributed by atoms with Gasteiger partial charge in [0.05, 0.1) is 0 Å². The van der Waals surface area contributed by atoms with E-state index in [-0.39, 0.29) is 5.82 Å². The smallest absolute Gasteiger partial charge is 0.427 e. The average molecular weight is 176 g/mol. The summed E-state index contributed by atoms with van der Waals surface area (Å²) in [5.74, 6) is 0.0231. The van der Waals surface area contributed by atoms with Gasteiger partial charge in [0, 0.05) is 0 Å². The second-order valence-electron chi connectivity index (χ2n) is 3.69. The summed E-state index contributed by atoms with van der Waals surface area (Å²) in [6.07, 6.45) is 2.65. The van der Waals surface area contributed by atoms with Crippen LogP contribution < -0.4 is 0 Å². The lowest BCUT2D eigenvalue weighted by Gasteiger charge is -2.23. The van der Waals surface area contributed by atoms with Gasteiger partial charge in [-0.25, -0.2) is 0 Å². The summed E-state index contributed by atoms with van der Waals surface area (Å²) in [6, 6.07) is 8.23. The zero-order valence-corrected chi connectivity index (χ0v) is 7.48. The highest BCUT2D eigenvalue weighted by Crippen LogP contribution is 2.29. The van der Waals surface area contributed by atoms with Crippen molar-refractivity contribution in [3.63, 3.8) is 0 Å². The molecule has 1 aliphatic rings. The minimum Gasteiger partial charge on any atom is -0.427 e. The van der Waals surface area contributed by atoms with Crippen LogP contribution in [0.1, 0.15) is 17.5 Å². The zero-order chi connectivity index (χ0) is 9.26. The zero-order valence-electron chi connectivity index (χ0n) is 7.48. The van der Waals surface area contributed by atoms with Gasteiger partial charge in [-0.1, -0.05) is 24.3 Å². The summed E-state index contributed by atoms with van der Waals surface area (Å²) < 4.78 is 0. The average Bonchev–Trinajstić information content (AvgIpc) is 2.17. The molecule has 0 amide bonds. The van der Waals surface area contributed by atoms with Crippen LogP contribution in [0.25, 0.3) is 0 Å². The molecule has 0 aromatic heterocycles. The van der Waals surface area contributed by atoms with Crippen LogP contribution in [0, 0.1) is 0 Å². The standard InChI is InChI=1S/C10H13BO2/c12-11(13)10-6-5-8-3-1-2-4-9(8)7-10/h1-4,10,12-13H,5-7H2/t10-/m0/s1. The maximum absolute atomic E-state index is 9.06. The first kappa shape index (κ1) is 8.79. The molecule has 3 heteroatoms. The van der Waals surface area contributed by atoms with E-state index in [4.69, 9.17) is 10.0 Å². The lowest BCUT2D eigenvalue weighted by molar-refractivity contribution is 0.374.